The van der Waals surface area contributed by atoms with Crippen molar-refractivity contribution in [2.24, 2.45) is 0 Å². The Morgan fingerprint density at radius 3 is 1.95 bits per heavy atom. The summed E-state index contributed by atoms with van der Waals surface area (Å²) in [5, 5.41) is 2.63. The molecule has 0 aliphatic heterocycles. The number of rotatable bonds is 5. The Morgan fingerprint density at radius 1 is 0.414 bits per heavy atom. The summed E-state index contributed by atoms with van der Waals surface area (Å²) in [5.41, 5.74) is 21.8. The lowest BCUT2D eigenvalue weighted by atomic mass is 9.81. The highest BCUT2D eigenvalue weighted by Crippen LogP contribution is 2.56. The van der Waals surface area contributed by atoms with Gasteiger partial charge in [0.15, 0.2) is 0 Å². The van der Waals surface area contributed by atoms with Crippen LogP contribution in [0.15, 0.2) is 164 Å². The maximum atomic E-state index is 2.53. The Kier molecular flexibility index (Phi) is 7.62. The second-order valence-electron chi connectivity index (χ2n) is 17.5. The van der Waals surface area contributed by atoms with Crippen molar-refractivity contribution in [2.75, 3.05) is 4.90 Å². The van der Waals surface area contributed by atoms with E-state index in [1.54, 1.807) is 0 Å². The first-order valence-corrected chi connectivity index (χ1v) is 21.3. The third kappa shape index (κ3) is 5.07. The van der Waals surface area contributed by atoms with Gasteiger partial charge < -0.3 is 4.90 Å². The van der Waals surface area contributed by atoms with E-state index in [4.69, 9.17) is 0 Å². The zero-order valence-electron chi connectivity index (χ0n) is 33.9. The van der Waals surface area contributed by atoms with Crippen LogP contribution in [0.2, 0.25) is 0 Å². The molecule has 0 N–H and O–H groups in total. The average molecular weight is 764 g/mol. The third-order valence-corrected chi connectivity index (χ3v) is 14.4. The molecule has 9 aromatic rings. The molecule has 0 saturated carbocycles. The molecule has 0 bridgehead atoms. The normalized spacial score (nSPS) is 14.3. The largest absolute Gasteiger partial charge is 0.309 e. The fourth-order valence-corrected chi connectivity index (χ4v) is 11.5. The molecule has 1 aromatic heterocycles. The predicted molar refractivity (Wildman–Crippen MR) is 249 cm³/mol. The van der Waals surface area contributed by atoms with E-state index >= 15 is 0 Å². The lowest BCUT2D eigenvalue weighted by Crippen LogP contribution is -2.16. The maximum absolute atomic E-state index is 2.53. The molecule has 0 atom stereocenters. The SMILES string of the molecule is Cc1cc(C)c2c(c1)C(C)(C)c1ccc(-c3cccc(N(c4ccccc4-c4ccc5sc6ccccc6c5c4)c4cccc5c4-c4ccccc4C5(C)C)c3)cc1-2. The number of hydrogen-bond donors (Lipinski definition) is 0. The van der Waals surface area contributed by atoms with Gasteiger partial charge in [0.1, 0.15) is 0 Å². The van der Waals surface area contributed by atoms with E-state index in [2.05, 4.69) is 210 Å². The van der Waals surface area contributed by atoms with Crippen molar-refractivity contribution < 1.29 is 0 Å². The molecule has 1 heterocycles. The van der Waals surface area contributed by atoms with Crippen molar-refractivity contribution in [3.05, 3.63) is 197 Å². The van der Waals surface area contributed by atoms with Gasteiger partial charge in [-0.05, 0) is 124 Å². The van der Waals surface area contributed by atoms with Crippen molar-refractivity contribution >= 4 is 48.6 Å². The minimum Gasteiger partial charge on any atom is -0.309 e. The number of nitrogens with zero attached hydrogens (tertiary/aromatic N) is 1. The van der Waals surface area contributed by atoms with E-state index in [1.807, 2.05) is 11.3 Å². The van der Waals surface area contributed by atoms with Crippen LogP contribution in [0.1, 0.15) is 61.1 Å². The van der Waals surface area contributed by atoms with Gasteiger partial charge in [-0.1, -0.05) is 149 Å². The number of benzene rings is 8. The number of anilines is 3. The predicted octanol–water partition coefficient (Wildman–Crippen LogP) is 16.1. The summed E-state index contributed by atoms with van der Waals surface area (Å²) < 4.78 is 2.64. The molecule has 11 rings (SSSR count). The zero-order chi connectivity index (χ0) is 39.5. The van der Waals surface area contributed by atoms with Crippen molar-refractivity contribution in [3.8, 4) is 44.5 Å². The molecule has 8 aromatic carbocycles. The second kappa shape index (κ2) is 12.6. The monoisotopic (exact) mass is 763 g/mol. The van der Waals surface area contributed by atoms with Crippen LogP contribution in [-0.2, 0) is 10.8 Å². The lowest BCUT2D eigenvalue weighted by molar-refractivity contribution is 0.659. The fourth-order valence-electron chi connectivity index (χ4n) is 10.4. The van der Waals surface area contributed by atoms with Gasteiger partial charge in [0.05, 0.1) is 11.4 Å². The van der Waals surface area contributed by atoms with Crippen LogP contribution < -0.4 is 4.90 Å². The summed E-state index contributed by atoms with van der Waals surface area (Å²) in [4.78, 5) is 2.53. The smallest absolute Gasteiger partial charge is 0.0543 e. The van der Waals surface area contributed by atoms with E-state index in [0.29, 0.717) is 0 Å². The first kappa shape index (κ1) is 35.0. The molecule has 0 amide bonds. The Hall–Kier alpha value is -6.22. The van der Waals surface area contributed by atoms with Crippen LogP contribution in [0.5, 0.6) is 0 Å². The molecule has 2 aliphatic carbocycles. The topological polar surface area (TPSA) is 3.24 Å². The molecule has 0 unspecified atom stereocenters. The van der Waals surface area contributed by atoms with Crippen molar-refractivity contribution in [3.63, 3.8) is 0 Å². The van der Waals surface area contributed by atoms with Crippen LogP contribution in [-0.4, -0.2) is 0 Å². The Balaban J connectivity index is 1.13. The molecular formula is C56H45NS. The molecule has 0 fully saturated rings. The van der Waals surface area contributed by atoms with Crippen LogP contribution in [0, 0.1) is 13.8 Å². The standard InChI is InChI=1S/C56H45NS/c1-34-29-35(2)53-44-32-37(25-27-46(44)56(5,6)48(53)30-34)36-15-13-16-39(31-36)57(50-23-14-21-47-54(50)42-19-7-10-20-45(42)55(47,3)4)49-22-11-8-17-40(49)38-26-28-52-43(33-38)41-18-9-12-24-51(41)58-52/h7-33H,1-6H3. The highest BCUT2D eigenvalue weighted by Gasteiger charge is 2.39. The van der Waals surface area contributed by atoms with E-state index in [0.717, 1.165) is 11.4 Å². The lowest BCUT2D eigenvalue weighted by Gasteiger charge is -2.31. The van der Waals surface area contributed by atoms with Gasteiger partial charge in [-0.2, -0.15) is 0 Å². The maximum Gasteiger partial charge on any atom is 0.0543 e. The van der Waals surface area contributed by atoms with Gasteiger partial charge in [-0.3, -0.25) is 0 Å². The summed E-state index contributed by atoms with van der Waals surface area (Å²) in [6, 6.07) is 61.9. The van der Waals surface area contributed by atoms with Gasteiger partial charge in [-0.25, -0.2) is 0 Å². The number of fused-ring (bicyclic) bond motifs is 9. The van der Waals surface area contributed by atoms with Crippen LogP contribution in [0.25, 0.3) is 64.7 Å². The second-order valence-corrected chi connectivity index (χ2v) is 18.6. The van der Waals surface area contributed by atoms with Gasteiger partial charge in [0.2, 0.25) is 0 Å². The van der Waals surface area contributed by atoms with Gasteiger partial charge in [0.25, 0.3) is 0 Å². The zero-order valence-corrected chi connectivity index (χ0v) is 34.8. The molecule has 2 aliphatic rings. The number of aryl methyl sites for hydroxylation is 2. The summed E-state index contributed by atoms with van der Waals surface area (Å²) >= 11 is 1.87. The minimum atomic E-state index is -0.120. The Bertz CT molecular complexity index is 3160. The molecule has 0 saturated heterocycles. The van der Waals surface area contributed by atoms with E-state index in [9.17, 15) is 0 Å². The van der Waals surface area contributed by atoms with Crippen molar-refractivity contribution in [2.45, 2.75) is 52.4 Å². The molecular weight excluding hydrogens is 719 g/mol. The van der Waals surface area contributed by atoms with Crippen molar-refractivity contribution in [1.82, 2.24) is 0 Å². The first-order valence-electron chi connectivity index (χ1n) is 20.5. The van der Waals surface area contributed by atoms with E-state index in [1.165, 1.54) is 104 Å². The van der Waals surface area contributed by atoms with E-state index < -0.39 is 0 Å². The van der Waals surface area contributed by atoms with E-state index in [-0.39, 0.29) is 10.8 Å². The van der Waals surface area contributed by atoms with Crippen molar-refractivity contribution in [1.29, 1.82) is 0 Å². The Labute approximate surface area is 345 Å². The van der Waals surface area contributed by atoms with Crippen LogP contribution >= 0.6 is 11.3 Å². The molecule has 0 spiro atoms. The summed E-state index contributed by atoms with van der Waals surface area (Å²) in [6.07, 6.45) is 0. The fraction of sp³-hybridized carbons (Fsp3) is 0.143. The molecule has 0 radical (unpaired) electrons. The first-order chi connectivity index (χ1) is 28.1. The third-order valence-electron chi connectivity index (χ3n) is 13.2. The molecule has 1 nitrogen and oxygen atoms in total. The van der Waals surface area contributed by atoms with Crippen LogP contribution in [0.4, 0.5) is 17.1 Å². The highest BCUT2D eigenvalue weighted by molar-refractivity contribution is 7.25. The molecule has 2 heteroatoms. The number of para-hydroxylation sites is 1. The Morgan fingerprint density at radius 2 is 1.07 bits per heavy atom. The number of thiophene rings is 1. The van der Waals surface area contributed by atoms with Crippen LogP contribution in [0.3, 0.4) is 0 Å². The quantitative estimate of drug-likeness (QED) is 0.169. The average Bonchev–Trinajstić information content (AvgIpc) is 3.80. The molecule has 58 heavy (non-hydrogen) atoms. The summed E-state index contributed by atoms with van der Waals surface area (Å²) in [6.45, 7) is 14.0. The summed E-state index contributed by atoms with van der Waals surface area (Å²) in [7, 11) is 0. The highest BCUT2D eigenvalue weighted by atomic mass is 32.1. The van der Waals surface area contributed by atoms with Gasteiger partial charge >= 0.3 is 0 Å². The number of hydrogen-bond acceptors (Lipinski definition) is 2. The van der Waals surface area contributed by atoms with Gasteiger partial charge in [-0.15, -0.1) is 11.3 Å². The van der Waals surface area contributed by atoms with Gasteiger partial charge in [0, 0.05) is 47.8 Å². The molecule has 280 valence electrons. The minimum absolute atomic E-state index is 0.0432. The summed E-state index contributed by atoms with van der Waals surface area (Å²) in [5.74, 6) is 0.